The van der Waals surface area contributed by atoms with Crippen molar-refractivity contribution >= 4 is 39.1 Å². The van der Waals surface area contributed by atoms with E-state index >= 15 is 0 Å². The van der Waals surface area contributed by atoms with E-state index in [0.29, 0.717) is 37.5 Å². The van der Waals surface area contributed by atoms with Crippen molar-refractivity contribution in [2.45, 2.75) is 38.5 Å². The molecule has 8 heteroatoms. The molecule has 0 saturated carbocycles. The van der Waals surface area contributed by atoms with E-state index in [1.165, 1.54) is 16.4 Å². The number of piperidine rings is 1. The van der Waals surface area contributed by atoms with E-state index in [1.807, 2.05) is 0 Å². The van der Waals surface area contributed by atoms with Crippen molar-refractivity contribution in [3.05, 3.63) is 28.2 Å². The Balaban J connectivity index is 2.02. The molecule has 0 spiro atoms. The molecule has 5 nitrogen and oxygen atoms in total. The lowest BCUT2D eigenvalue weighted by molar-refractivity contribution is -0.126. The third-order valence-corrected chi connectivity index (χ3v) is 6.74. The van der Waals surface area contributed by atoms with E-state index in [-0.39, 0.29) is 27.2 Å². The molecular weight excluding hydrogens is 383 g/mol. The van der Waals surface area contributed by atoms with Crippen LogP contribution in [-0.2, 0) is 14.8 Å². The van der Waals surface area contributed by atoms with Gasteiger partial charge in [0.05, 0.1) is 5.02 Å². The van der Waals surface area contributed by atoms with Crippen molar-refractivity contribution in [1.82, 2.24) is 9.62 Å². The Bertz CT molecular complexity index is 737. The molecule has 2 rings (SSSR count). The fraction of sp³-hybridized carbons (Fsp3) is 0.588. The number of amides is 1. The summed E-state index contributed by atoms with van der Waals surface area (Å²) in [4.78, 5) is 12.3. The molecular formula is C17H24Cl2N2O3S. The minimum absolute atomic E-state index is 0.00670. The number of nitrogens with zero attached hydrogens (tertiary/aromatic N) is 1. The first kappa shape index (κ1) is 20.5. The highest BCUT2D eigenvalue weighted by Crippen LogP contribution is 2.30. The van der Waals surface area contributed by atoms with Crippen LogP contribution in [0.4, 0.5) is 0 Å². The topological polar surface area (TPSA) is 66.5 Å². The summed E-state index contributed by atoms with van der Waals surface area (Å²) in [6, 6.07) is 4.39. The second kappa shape index (κ2) is 7.82. The highest BCUT2D eigenvalue weighted by molar-refractivity contribution is 7.89. The molecule has 0 bridgehead atoms. The number of hydrogen-bond acceptors (Lipinski definition) is 3. The number of sulfonamides is 1. The van der Waals surface area contributed by atoms with Gasteiger partial charge in [-0.15, -0.1) is 0 Å². The lowest BCUT2D eigenvalue weighted by Crippen LogP contribution is -2.44. The Labute approximate surface area is 159 Å². The summed E-state index contributed by atoms with van der Waals surface area (Å²) in [6.45, 7) is 7.34. The van der Waals surface area contributed by atoms with Crippen LogP contribution in [-0.4, -0.2) is 38.3 Å². The maximum atomic E-state index is 12.8. The maximum absolute atomic E-state index is 12.8. The van der Waals surface area contributed by atoms with Gasteiger partial charge in [0.15, 0.2) is 0 Å². The molecule has 1 aromatic rings. The van der Waals surface area contributed by atoms with E-state index in [0.717, 1.165) is 0 Å². The molecule has 1 aliphatic heterocycles. The van der Waals surface area contributed by atoms with Crippen LogP contribution in [0.1, 0.15) is 33.6 Å². The molecule has 0 atom stereocenters. The zero-order valence-electron chi connectivity index (χ0n) is 14.7. The highest BCUT2D eigenvalue weighted by atomic mass is 35.5. The molecule has 0 radical (unpaired) electrons. The summed E-state index contributed by atoms with van der Waals surface area (Å²) in [5, 5.41) is 3.42. The first-order valence-electron chi connectivity index (χ1n) is 8.23. The van der Waals surface area contributed by atoms with Gasteiger partial charge in [0.2, 0.25) is 15.9 Å². The van der Waals surface area contributed by atoms with Gasteiger partial charge in [-0.2, -0.15) is 4.31 Å². The Morgan fingerprint density at radius 1 is 1.24 bits per heavy atom. The molecule has 0 unspecified atom stereocenters. The van der Waals surface area contributed by atoms with Crippen molar-refractivity contribution in [2.75, 3.05) is 19.6 Å². The van der Waals surface area contributed by atoms with E-state index < -0.39 is 10.0 Å². The molecule has 1 saturated heterocycles. The summed E-state index contributed by atoms with van der Waals surface area (Å²) >= 11 is 11.9. The Hall–Kier alpha value is -0.820. The van der Waals surface area contributed by atoms with Gasteiger partial charge < -0.3 is 5.32 Å². The van der Waals surface area contributed by atoms with Crippen LogP contribution in [0.2, 0.25) is 10.0 Å². The predicted octanol–water partition coefficient (Wildman–Crippen LogP) is 3.56. The number of halogens is 2. The van der Waals surface area contributed by atoms with Crippen LogP contribution >= 0.6 is 23.2 Å². The van der Waals surface area contributed by atoms with Gasteiger partial charge in [-0.1, -0.05) is 44.0 Å². The molecule has 0 aliphatic carbocycles. The van der Waals surface area contributed by atoms with E-state index in [1.54, 1.807) is 6.07 Å². The van der Waals surface area contributed by atoms with Crippen LogP contribution in [0, 0.1) is 11.3 Å². The number of hydrogen-bond donors (Lipinski definition) is 1. The number of carbonyl (C=O) groups is 1. The monoisotopic (exact) mass is 406 g/mol. The minimum Gasteiger partial charge on any atom is -0.355 e. The van der Waals surface area contributed by atoms with Gasteiger partial charge in [0.25, 0.3) is 0 Å². The first-order chi connectivity index (χ1) is 11.5. The molecule has 1 amide bonds. The summed E-state index contributed by atoms with van der Waals surface area (Å²) in [5.41, 5.74) is 0.0169. The van der Waals surface area contributed by atoms with Crippen LogP contribution in [0.3, 0.4) is 0 Å². The number of nitrogens with one attached hydrogen (secondary N) is 1. The second-order valence-electron chi connectivity index (χ2n) is 7.53. The fourth-order valence-corrected chi connectivity index (χ4v) is 4.88. The van der Waals surface area contributed by atoms with E-state index in [9.17, 15) is 13.2 Å². The molecule has 25 heavy (non-hydrogen) atoms. The van der Waals surface area contributed by atoms with Crippen LogP contribution < -0.4 is 5.32 Å². The summed E-state index contributed by atoms with van der Waals surface area (Å²) in [7, 11) is -3.71. The van der Waals surface area contributed by atoms with Crippen molar-refractivity contribution < 1.29 is 13.2 Å². The van der Waals surface area contributed by atoms with Crippen molar-refractivity contribution in [3.63, 3.8) is 0 Å². The summed E-state index contributed by atoms with van der Waals surface area (Å²) in [5.74, 6) is -0.170. The Morgan fingerprint density at radius 2 is 1.84 bits per heavy atom. The Kier molecular flexibility index (Phi) is 6.41. The van der Waals surface area contributed by atoms with Crippen LogP contribution in [0.25, 0.3) is 0 Å². The lowest BCUT2D eigenvalue weighted by atomic mass is 9.94. The van der Waals surface area contributed by atoms with Gasteiger partial charge >= 0.3 is 0 Å². The Morgan fingerprint density at radius 3 is 2.40 bits per heavy atom. The average Bonchev–Trinajstić information content (AvgIpc) is 2.54. The zero-order valence-corrected chi connectivity index (χ0v) is 17.0. The minimum atomic E-state index is -3.71. The molecule has 1 aliphatic rings. The van der Waals surface area contributed by atoms with Crippen LogP contribution in [0.5, 0.6) is 0 Å². The number of benzene rings is 1. The van der Waals surface area contributed by atoms with Crippen molar-refractivity contribution in [1.29, 1.82) is 0 Å². The SMILES string of the molecule is CC(C)(C)CNC(=O)C1CCN(S(=O)(=O)c2cc(Cl)ccc2Cl)CC1. The third-order valence-electron chi connectivity index (χ3n) is 4.13. The van der Waals surface area contributed by atoms with Gasteiger partial charge in [0.1, 0.15) is 4.90 Å². The summed E-state index contributed by atoms with van der Waals surface area (Å²) in [6.07, 6.45) is 0.987. The van der Waals surface area contributed by atoms with Gasteiger partial charge in [0, 0.05) is 30.6 Å². The largest absolute Gasteiger partial charge is 0.355 e. The number of carbonyl (C=O) groups excluding carboxylic acids is 1. The van der Waals surface area contributed by atoms with E-state index in [2.05, 4.69) is 26.1 Å². The molecule has 0 aromatic heterocycles. The smallest absolute Gasteiger partial charge is 0.244 e. The molecule has 1 heterocycles. The second-order valence-corrected chi connectivity index (χ2v) is 10.3. The van der Waals surface area contributed by atoms with Gasteiger partial charge in [-0.3, -0.25) is 4.79 Å². The maximum Gasteiger partial charge on any atom is 0.244 e. The third kappa shape index (κ3) is 5.33. The molecule has 1 aromatic carbocycles. The highest BCUT2D eigenvalue weighted by Gasteiger charge is 2.33. The van der Waals surface area contributed by atoms with E-state index in [4.69, 9.17) is 23.2 Å². The average molecular weight is 407 g/mol. The van der Waals surface area contributed by atoms with Gasteiger partial charge in [-0.25, -0.2) is 8.42 Å². The first-order valence-corrected chi connectivity index (χ1v) is 10.4. The zero-order chi connectivity index (χ0) is 18.8. The predicted molar refractivity (Wildman–Crippen MR) is 100 cm³/mol. The molecule has 1 N–H and O–H groups in total. The van der Waals surface area contributed by atoms with Crippen LogP contribution in [0.15, 0.2) is 23.1 Å². The van der Waals surface area contributed by atoms with Crippen molar-refractivity contribution in [3.8, 4) is 0 Å². The summed E-state index contributed by atoms with van der Waals surface area (Å²) < 4.78 is 26.9. The molecule has 140 valence electrons. The van der Waals surface area contributed by atoms with Crippen molar-refractivity contribution in [2.24, 2.45) is 11.3 Å². The normalized spacial score (nSPS) is 17.5. The molecule has 1 fully saturated rings. The number of rotatable bonds is 4. The fourth-order valence-electron chi connectivity index (χ4n) is 2.67. The lowest BCUT2D eigenvalue weighted by Gasteiger charge is -2.31. The quantitative estimate of drug-likeness (QED) is 0.830. The standard InChI is InChI=1S/C17H24Cl2N2O3S/c1-17(2,3)11-20-16(22)12-6-8-21(9-7-12)25(23,24)15-10-13(18)4-5-14(15)19/h4-5,10,12H,6-9,11H2,1-3H3,(H,20,22). The van der Waals surface area contributed by atoms with Gasteiger partial charge in [-0.05, 0) is 36.5 Å².